The Morgan fingerprint density at radius 2 is 1.95 bits per heavy atom. The van der Waals surface area contributed by atoms with Gasteiger partial charge in [0, 0.05) is 6.04 Å². The molecule has 2 aromatic rings. The molecule has 6 heteroatoms. The molecule has 108 valence electrons. The smallest absolute Gasteiger partial charge is 0.183 e. The van der Waals surface area contributed by atoms with Crippen LogP contribution in [-0.4, -0.2) is 7.11 Å². The summed E-state index contributed by atoms with van der Waals surface area (Å²) in [5.74, 6) is 1.71. The second kappa shape index (κ2) is 7.11. The van der Waals surface area contributed by atoms with Crippen LogP contribution >= 0.6 is 47.8 Å². The van der Waals surface area contributed by atoms with Crippen LogP contribution in [0.4, 0.5) is 0 Å². The summed E-state index contributed by atoms with van der Waals surface area (Å²) in [5.41, 5.74) is 1.18. The Bertz CT molecular complexity index is 579. The number of benzene rings is 1. The van der Waals surface area contributed by atoms with Gasteiger partial charge in [0.15, 0.2) is 4.67 Å². The highest BCUT2D eigenvalue weighted by molar-refractivity contribution is 9.13. The zero-order valence-corrected chi connectivity index (χ0v) is 15.8. The van der Waals surface area contributed by atoms with Gasteiger partial charge in [-0.05, 0) is 78.5 Å². The minimum atomic E-state index is 0.208. The highest BCUT2D eigenvalue weighted by Gasteiger charge is 2.10. The number of rotatable bonds is 5. The summed E-state index contributed by atoms with van der Waals surface area (Å²) < 4.78 is 13.4. The molecule has 1 unspecified atom stereocenters. The first kappa shape index (κ1) is 16.1. The third-order valence-electron chi connectivity index (χ3n) is 2.95. The van der Waals surface area contributed by atoms with E-state index in [1.54, 1.807) is 7.11 Å². The summed E-state index contributed by atoms with van der Waals surface area (Å²) >= 11 is 10.2. The average molecular weight is 468 g/mol. The van der Waals surface area contributed by atoms with Crippen molar-refractivity contribution < 1.29 is 9.15 Å². The van der Waals surface area contributed by atoms with Crippen molar-refractivity contribution in [3.8, 4) is 5.75 Å². The molecule has 0 aliphatic rings. The van der Waals surface area contributed by atoms with E-state index in [4.69, 9.17) is 9.15 Å². The molecule has 0 saturated heterocycles. The van der Waals surface area contributed by atoms with Gasteiger partial charge in [0.05, 0.1) is 22.6 Å². The van der Waals surface area contributed by atoms with Crippen LogP contribution in [0.5, 0.6) is 5.75 Å². The molecule has 0 bridgehead atoms. The summed E-state index contributed by atoms with van der Waals surface area (Å²) in [6, 6.07) is 8.23. The number of methoxy groups -OCH3 is 1. The largest absolute Gasteiger partial charge is 0.496 e. The average Bonchev–Trinajstić information content (AvgIpc) is 2.75. The maximum atomic E-state index is 5.54. The van der Waals surface area contributed by atoms with Crippen molar-refractivity contribution in [3.63, 3.8) is 0 Å². The molecule has 0 aliphatic carbocycles. The van der Waals surface area contributed by atoms with Crippen LogP contribution in [0.1, 0.15) is 24.3 Å². The molecular formula is C14H14Br3NO2. The standard InChI is InChI=1S/C14H14Br3NO2/c1-8(9-3-4-13(19-2)11(15)5-9)18-7-10-6-12(16)14(17)20-10/h3-6,8,18H,7H2,1-2H3. The van der Waals surface area contributed by atoms with Crippen LogP contribution in [-0.2, 0) is 6.54 Å². The topological polar surface area (TPSA) is 34.4 Å². The van der Waals surface area contributed by atoms with E-state index >= 15 is 0 Å². The lowest BCUT2D eigenvalue weighted by Gasteiger charge is -2.14. The molecule has 0 spiro atoms. The molecule has 0 saturated carbocycles. The monoisotopic (exact) mass is 465 g/mol. The van der Waals surface area contributed by atoms with E-state index in [0.717, 1.165) is 20.5 Å². The molecule has 20 heavy (non-hydrogen) atoms. The number of ether oxygens (including phenoxy) is 1. The van der Waals surface area contributed by atoms with Gasteiger partial charge in [-0.15, -0.1) is 0 Å². The summed E-state index contributed by atoms with van der Waals surface area (Å²) in [6.07, 6.45) is 0. The number of hydrogen-bond donors (Lipinski definition) is 1. The quantitative estimate of drug-likeness (QED) is 0.637. The summed E-state index contributed by atoms with van der Waals surface area (Å²) in [5, 5.41) is 3.42. The van der Waals surface area contributed by atoms with Crippen molar-refractivity contribution in [3.05, 3.63) is 49.2 Å². The minimum Gasteiger partial charge on any atom is -0.496 e. The highest BCUT2D eigenvalue weighted by atomic mass is 79.9. The van der Waals surface area contributed by atoms with Crippen molar-refractivity contribution >= 4 is 47.8 Å². The lowest BCUT2D eigenvalue weighted by molar-refractivity contribution is 0.411. The molecule has 1 N–H and O–H groups in total. The molecule has 0 fully saturated rings. The Balaban J connectivity index is 2.01. The number of nitrogens with one attached hydrogen (secondary N) is 1. The van der Waals surface area contributed by atoms with Gasteiger partial charge in [-0.2, -0.15) is 0 Å². The molecule has 1 aromatic carbocycles. The molecule has 0 amide bonds. The second-order valence-corrected chi connectivity index (χ2v) is 6.76. The fraction of sp³-hybridized carbons (Fsp3) is 0.286. The predicted molar refractivity (Wildman–Crippen MR) is 90.1 cm³/mol. The fourth-order valence-corrected chi connectivity index (χ4v) is 3.02. The van der Waals surface area contributed by atoms with Crippen LogP contribution in [0.15, 0.2) is 42.3 Å². The van der Waals surface area contributed by atoms with Crippen LogP contribution in [0, 0.1) is 0 Å². The van der Waals surface area contributed by atoms with Gasteiger partial charge in [-0.3, -0.25) is 0 Å². The second-order valence-electron chi connectivity index (χ2n) is 4.33. The van der Waals surface area contributed by atoms with Crippen molar-refractivity contribution in [2.75, 3.05) is 7.11 Å². The molecule has 1 aromatic heterocycles. The normalized spacial score (nSPS) is 12.4. The third kappa shape index (κ3) is 3.87. The zero-order valence-electron chi connectivity index (χ0n) is 11.0. The molecule has 1 heterocycles. The van der Waals surface area contributed by atoms with Crippen LogP contribution in [0.2, 0.25) is 0 Å². The van der Waals surface area contributed by atoms with Gasteiger partial charge in [0.25, 0.3) is 0 Å². The molecule has 3 nitrogen and oxygen atoms in total. The Kier molecular flexibility index (Phi) is 5.72. The summed E-state index contributed by atoms with van der Waals surface area (Å²) in [4.78, 5) is 0. The first-order valence-electron chi connectivity index (χ1n) is 6.01. The van der Waals surface area contributed by atoms with Gasteiger partial charge in [-0.1, -0.05) is 6.07 Å². The van der Waals surface area contributed by atoms with Gasteiger partial charge in [0.2, 0.25) is 0 Å². The van der Waals surface area contributed by atoms with E-state index in [0.29, 0.717) is 11.2 Å². The first-order chi connectivity index (χ1) is 9.51. The number of halogens is 3. The SMILES string of the molecule is COc1ccc(C(C)NCc2cc(Br)c(Br)o2)cc1Br. The number of hydrogen-bond acceptors (Lipinski definition) is 3. The highest BCUT2D eigenvalue weighted by Crippen LogP contribution is 2.29. The molecule has 1 atom stereocenters. The molecule has 0 radical (unpaired) electrons. The Hall–Kier alpha value is -0.300. The summed E-state index contributed by atoms with van der Waals surface area (Å²) in [6.45, 7) is 2.77. The van der Waals surface area contributed by atoms with Gasteiger partial charge in [-0.25, -0.2) is 0 Å². The van der Waals surface area contributed by atoms with E-state index in [-0.39, 0.29) is 6.04 Å². The van der Waals surface area contributed by atoms with E-state index in [2.05, 4.69) is 72.2 Å². The lowest BCUT2D eigenvalue weighted by atomic mass is 10.1. The Morgan fingerprint density at radius 1 is 1.20 bits per heavy atom. The first-order valence-corrected chi connectivity index (χ1v) is 8.39. The van der Waals surface area contributed by atoms with Gasteiger partial charge >= 0.3 is 0 Å². The van der Waals surface area contributed by atoms with Crippen LogP contribution in [0.3, 0.4) is 0 Å². The van der Waals surface area contributed by atoms with E-state index in [9.17, 15) is 0 Å². The van der Waals surface area contributed by atoms with Crippen molar-refractivity contribution in [1.82, 2.24) is 5.32 Å². The van der Waals surface area contributed by atoms with Gasteiger partial charge < -0.3 is 14.5 Å². The van der Waals surface area contributed by atoms with Crippen molar-refractivity contribution in [1.29, 1.82) is 0 Å². The third-order valence-corrected chi connectivity index (χ3v) is 5.28. The molecule has 2 rings (SSSR count). The maximum Gasteiger partial charge on any atom is 0.183 e. The van der Waals surface area contributed by atoms with E-state index in [1.165, 1.54) is 5.56 Å². The Morgan fingerprint density at radius 3 is 2.50 bits per heavy atom. The van der Waals surface area contributed by atoms with E-state index in [1.807, 2.05) is 12.1 Å². The maximum absolute atomic E-state index is 5.54. The predicted octanol–water partition coefficient (Wildman–Crippen LogP) is 5.43. The van der Waals surface area contributed by atoms with Gasteiger partial charge in [0.1, 0.15) is 11.5 Å². The Labute approximate surface area is 143 Å². The van der Waals surface area contributed by atoms with Crippen molar-refractivity contribution in [2.24, 2.45) is 0 Å². The number of furan rings is 1. The van der Waals surface area contributed by atoms with E-state index < -0.39 is 0 Å². The van der Waals surface area contributed by atoms with Crippen LogP contribution < -0.4 is 10.1 Å². The minimum absolute atomic E-state index is 0.208. The lowest BCUT2D eigenvalue weighted by Crippen LogP contribution is -2.17. The molecule has 0 aliphatic heterocycles. The molecular weight excluding hydrogens is 454 g/mol. The summed E-state index contributed by atoms with van der Waals surface area (Å²) in [7, 11) is 1.66. The zero-order chi connectivity index (χ0) is 14.7. The fourth-order valence-electron chi connectivity index (χ4n) is 1.80. The van der Waals surface area contributed by atoms with Crippen molar-refractivity contribution in [2.45, 2.75) is 19.5 Å². The van der Waals surface area contributed by atoms with Crippen LogP contribution in [0.25, 0.3) is 0 Å².